The lowest BCUT2D eigenvalue weighted by Gasteiger charge is -1.98. The summed E-state index contributed by atoms with van der Waals surface area (Å²) in [6.07, 6.45) is 2.42. The Bertz CT molecular complexity index is 403. The molecule has 0 aromatic carbocycles. The fourth-order valence-corrected chi connectivity index (χ4v) is 1.55. The molecule has 2 rings (SSSR count). The normalized spacial score (nSPS) is 10.7. The summed E-state index contributed by atoms with van der Waals surface area (Å²) in [4.78, 5) is 0. The summed E-state index contributed by atoms with van der Waals surface area (Å²) >= 11 is 0. The molecule has 0 aliphatic carbocycles. The Morgan fingerprint density at radius 3 is 3.07 bits per heavy atom. The highest BCUT2D eigenvalue weighted by Gasteiger charge is 2.13. The third-order valence-corrected chi connectivity index (χ3v) is 2.17. The van der Waals surface area contributed by atoms with E-state index in [0.717, 1.165) is 29.1 Å². The molecule has 2 aromatic heterocycles. The van der Waals surface area contributed by atoms with Gasteiger partial charge >= 0.3 is 0 Å². The minimum atomic E-state index is 0.595. The van der Waals surface area contributed by atoms with Crippen LogP contribution in [0.2, 0.25) is 0 Å². The van der Waals surface area contributed by atoms with E-state index in [-0.39, 0.29) is 0 Å². The van der Waals surface area contributed by atoms with Crippen molar-refractivity contribution in [3.8, 4) is 11.3 Å². The molecule has 74 valence electrons. The Balaban J connectivity index is 2.45. The van der Waals surface area contributed by atoms with Gasteiger partial charge in [-0.25, -0.2) is 0 Å². The largest absolute Gasteiger partial charge is 0.464 e. The van der Waals surface area contributed by atoms with E-state index in [2.05, 4.69) is 10.2 Å². The number of aromatic amines is 1. The molecule has 0 spiro atoms. The van der Waals surface area contributed by atoms with Crippen molar-refractivity contribution in [1.29, 1.82) is 0 Å². The summed E-state index contributed by atoms with van der Waals surface area (Å²) in [6, 6.07) is 3.80. The van der Waals surface area contributed by atoms with Gasteiger partial charge in [0.1, 0.15) is 5.76 Å². The number of rotatable bonds is 3. The maximum absolute atomic E-state index is 5.51. The van der Waals surface area contributed by atoms with Crippen LogP contribution in [0.15, 0.2) is 22.8 Å². The molecule has 3 N–H and O–H groups in total. The molecule has 0 radical (unpaired) electrons. The highest BCUT2D eigenvalue weighted by Crippen LogP contribution is 2.25. The SMILES string of the molecule is Cc1[nH]nc(CCN)c1-c1ccco1. The van der Waals surface area contributed by atoms with Gasteiger partial charge in [-0.15, -0.1) is 0 Å². The second kappa shape index (κ2) is 3.67. The van der Waals surface area contributed by atoms with E-state index in [1.54, 1.807) is 6.26 Å². The third-order valence-electron chi connectivity index (χ3n) is 2.17. The third kappa shape index (κ3) is 1.44. The summed E-state index contributed by atoms with van der Waals surface area (Å²) < 4.78 is 5.34. The average molecular weight is 191 g/mol. The summed E-state index contributed by atoms with van der Waals surface area (Å²) in [7, 11) is 0. The van der Waals surface area contributed by atoms with Gasteiger partial charge in [0.25, 0.3) is 0 Å². The molecule has 0 saturated heterocycles. The predicted octanol–water partition coefficient (Wildman–Crippen LogP) is 1.48. The molecule has 4 heteroatoms. The molecule has 0 saturated carbocycles. The Morgan fingerprint density at radius 1 is 1.57 bits per heavy atom. The maximum atomic E-state index is 5.51. The Hall–Kier alpha value is -1.55. The van der Waals surface area contributed by atoms with Crippen molar-refractivity contribution < 1.29 is 4.42 Å². The molecule has 4 nitrogen and oxygen atoms in total. The molecule has 2 aromatic rings. The van der Waals surface area contributed by atoms with Gasteiger partial charge in [0.2, 0.25) is 0 Å². The fraction of sp³-hybridized carbons (Fsp3) is 0.300. The average Bonchev–Trinajstić information content (AvgIpc) is 2.76. The Kier molecular flexibility index (Phi) is 2.37. The topological polar surface area (TPSA) is 67.8 Å². The second-order valence-electron chi connectivity index (χ2n) is 3.19. The first-order valence-corrected chi connectivity index (χ1v) is 4.60. The van der Waals surface area contributed by atoms with Gasteiger partial charge < -0.3 is 10.2 Å². The molecule has 14 heavy (non-hydrogen) atoms. The first-order valence-electron chi connectivity index (χ1n) is 4.60. The molecular weight excluding hydrogens is 178 g/mol. The number of hydrogen-bond donors (Lipinski definition) is 2. The lowest BCUT2D eigenvalue weighted by Crippen LogP contribution is -2.03. The molecule has 0 unspecified atom stereocenters. The van der Waals surface area contributed by atoms with Crippen LogP contribution in [0.25, 0.3) is 11.3 Å². The molecule has 0 aliphatic heterocycles. The van der Waals surface area contributed by atoms with Crippen molar-refractivity contribution in [2.24, 2.45) is 5.73 Å². The Labute approximate surface area is 82.1 Å². The number of H-pyrrole nitrogens is 1. The van der Waals surface area contributed by atoms with E-state index < -0.39 is 0 Å². The van der Waals surface area contributed by atoms with Crippen LogP contribution in [0.4, 0.5) is 0 Å². The van der Waals surface area contributed by atoms with Gasteiger partial charge in [0.05, 0.1) is 17.5 Å². The number of hydrogen-bond acceptors (Lipinski definition) is 3. The Morgan fingerprint density at radius 2 is 2.43 bits per heavy atom. The van der Waals surface area contributed by atoms with Crippen molar-refractivity contribution in [1.82, 2.24) is 10.2 Å². The predicted molar refractivity (Wildman–Crippen MR) is 53.8 cm³/mol. The van der Waals surface area contributed by atoms with Crippen LogP contribution in [0, 0.1) is 6.92 Å². The van der Waals surface area contributed by atoms with Crippen LogP contribution in [-0.4, -0.2) is 16.7 Å². The van der Waals surface area contributed by atoms with Crippen LogP contribution in [0.5, 0.6) is 0 Å². The molecule has 0 amide bonds. The lowest BCUT2D eigenvalue weighted by atomic mass is 10.1. The van der Waals surface area contributed by atoms with Gasteiger partial charge in [-0.2, -0.15) is 5.10 Å². The van der Waals surface area contributed by atoms with Crippen LogP contribution in [0.3, 0.4) is 0 Å². The summed E-state index contributed by atoms with van der Waals surface area (Å²) in [5.74, 6) is 0.847. The standard InChI is InChI=1S/C10H13N3O/c1-7-10(9-3-2-6-14-9)8(4-5-11)13-12-7/h2-3,6H,4-5,11H2,1H3,(H,12,13). The number of aryl methyl sites for hydroxylation is 1. The van der Waals surface area contributed by atoms with Crippen LogP contribution in [-0.2, 0) is 6.42 Å². The van der Waals surface area contributed by atoms with Crippen molar-refractivity contribution in [3.63, 3.8) is 0 Å². The fourth-order valence-electron chi connectivity index (χ4n) is 1.55. The van der Waals surface area contributed by atoms with Crippen LogP contribution in [0.1, 0.15) is 11.4 Å². The van der Waals surface area contributed by atoms with E-state index in [1.165, 1.54) is 0 Å². The first kappa shape index (κ1) is 9.02. The van der Waals surface area contributed by atoms with Crippen molar-refractivity contribution >= 4 is 0 Å². The number of nitrogens with zero attached hydrogens (tertiary/aromatic N) is 1. The number of nitrogens with two attached hydrogens (primary N) is 1. The molecule has 0 fully saturated rings. The summed E-state index contributed by atoms with van der Waals surface area (Å²) in [5, 5.41) is 7.14. The van der Waals surface area contributed by atoms with Crippen molar-refractivity contribution in [2.75, 3.05) is 6.54 Å². The lowest BCUT2D eigenvalue weighted by molar-refractivity contribution is 0.581. The van der Waals surface area contributed by atoms with E-state index in [1.807, 2.05) is 19.1 Å². The molecular formula is C10H13N3O. The molecule has 2 heterocycles. The molecule has 0 atom stereocenters. The van der Waals surface area contributed by atoms with Gasteiger partial charge in [0.15, 0.2) is 0 Å². The van der Waals surface area contributed by atoms with Crippen LogP contribution < -0.4 is 5.73 Å². The van der Waals surface area contributed by atoms with Gasteiger partial charge in [-0.05, 0) is 25.6 Å². The van der Waals surface area contributed by atoms with Gasteiger partial charge in [0, 0.05) is 12.1 Å². The van der Waals surface area contributed by atoms with E-state index in [9.17, 15) is 0 Å². The quantitative estimate of drug-likeness (QED) is 0.772. The minimum Gasteiger partial charge on any atom is -0.464 e. The smallest absolute Gasteiger partial charge is 0.137 e. The number of aromatic nitrogens is 2. The van der Waals surface area contributed by atoms with E-state index in [4.69, 9.17) is 10.2 Å². The first-order chi connectivity index (χ1) is 6.83. The second-order valence-corrected chi connectivity index (χ2v) is 3.19. The molecule has 0 aliphatic rings. The molecule has 0 bridgehead atoms. The zero-order chi connectivity index (χ0) is 9.97. The van der Waals surface area contributed by atoms with Gasteiger partial charge in [-0.1, -0.05) is 0 Å². The summed E-state index contributed by atoms with van der Waals surface area (Å²) in [5.41, 5.74) is 8.54. The zero-order valence-corrected chi connectivity index (χ0v) is 8.08. The number of nitrogens with one attached hydrogen (secondary N) is 1. The highest BCUT2D eigenvalue weighted by atomic mass is 16.3. The minimum absolute atomic E-state index is 0.595. The van der Waals surface area contributed by atoms with Crippen molar-refractivity contribution in [3.05, 3.63) is 29.8 Å². The number of furan rings is 1. The zero-order valence-electron chi connectivity index (χ0n) is 8.08. The van der Waals surface area contributed by atoms with E-state index in [0.29, 0.717) is 6.54 Å². The monoisotopic (exact) mass is 191 g/mol. The van der Waals surface area contributed by atoms with Gasteiger partial charge in [-0.3, -0.25) is 5.10 Å². The highest BCUT2D eigenvalue weighted by molar-refractivity contribution is 5.63. The maximum Gasteiger partial charge on any atom is 0.137 e. The van der Waals surface area contributed by atoms with Crippen LogP contribution >= 0.6 is 0 Å². The summed E-state index contributed by atoms with van der Waals surface area (Å²) in [6.45, 7) is 2.57. The van der Waals surface area contributed by atoms with E-state index >= 15 is 0 Å². The van der Waals surface area contributed by atoms with Crippen molar-refractivity contribution in [2.45, 2.75) is 13.3 Å².